The number of carbonyl (C=O) groups excluding carboxylic acids is 1. The van der Waals surface area contributed by atoms with Gasteiger partial charge in [-0.15, -0.1) is 0 Å². The lowest BCUT2D eigenvalue weighted by Crippen LogP contribution is -2.40. The molecule has 0 heterocycles. The number of benzene rings is 1. The van der Waals surface area contributed by atoms with Crippen molar-refractivity contribution in [2.24, 2.45) is 16.5 Å². The molecule has 0 radical (unpaired) electrons. The summed E-state index contributed by atoms with van der Waals surface area (Å²) >= 11 is 0. The van der Waals surface area contributed by atoms with E-state index in [9.17, 15) is 9.59 Å². The number of nitrogens with zero attached hydrogens (tertiary/aromatic N) is 1. The number of carboxylic acids is 1. The van der Waals surface area contributed by atoms with Crippen LogP contribution in [-0.2, 0) is 4.79 Å². The van der Waals surface area contributed by atoms with E-state index >= 15 is 0 Å². The maximum absolute atomic E-state index is 11.9. The lowest BCUT2D eigenvalue weighted by atomic mass is 10.1. The minimum Gasteiger partial charge on any atom is -0.480 e. The quantitative estimate of drug-likeness (QED) is 0.269. The number of aliphatic hydroxyl groups excluding tert-OH is 1. The molecule has 0 saturated heterocycles. The Morgan fingerprint density at radius 2 is 1.83 bits per heavy atom. The van der Waals surface area contributed by atoms with Gasteiger partial charge in [0.25, 0.3) is 5.91 Å². The zero-order chi connectivity index (χ0) is 17.7. The van der Waals surface area contributed by atoms with Gasteiger partial charge in [-0.3, -0.25) is 9.79 Å². The number of aliphatic imine (C=N–C) groups is 1. The maximum atomic E-state index is 11.9. The smallest absolute Gasteiger partial charge is 0.326 e. The minimum absolute atomic E-state index is 0.0369. The number of guanidine groups is 1. The first-order valence-electron chi connectivity index (χ1n) is 7.17. The van der Waals surface area contributed by atoms with E-state index in [1.165, 1.54) is 0 Å². The summed E-state index contributed by atoms with van der Waals surface area (Å²) in [4.78, 5) is 26.7. The Bertz CT molecular complexity index is 501. The average Bonchev–Trinajstić information content (AvgIpc) is 2.51. The van der Waals surface area contributed by atoms with Gasteiger partial charge < -0.3 is 27.0 Å². The van der Waals surface area contributed by atoms with Crippen LogP contribution < -0.4 is 16.8 Å². The van der Waals surface area contributed by atoms with Gasteiger partial charge in [-0.1, -0.05) is 18.2 Å². The predicted molar refractivity (Wildman–Crippen MR) is 88.0 cm³/mol. The summed E-state index contributed by atoms with van der Waals surface area (Å²) in [5.41, 5.74) is 10.8. The predicted octanol–water partition coefficient (Wildman–Crippen LogP) is -0.0782. The van der Waals surface area contributed by atoms with Gasteiger partial charge in [0.15, 0.2) is 5.96 Å². The van der Waals surface area contributed by atoms with Gasteiger partial charge in [-0.2, -0.15) is 0 Å². The van der Waals surface area contributed by atoms with Crippen molar-refractivity contribution >= 4 is 17.8 Å². The van der Waals surface area contributed by atoms with Crippen molar-refractivity contribution in [3.05, 3.63) is 35.9 Å². The largest absolute Gasteiger partial charge is 0.480 e. The molecule has 0 aliphatic carbocycles. The normalized spacial score (nSPS) is 10.7. The Kier molecular flexibility index (Phi) is 10.6. The van der Waals surface area contributed by atoms with Crippen LogP contribution in [0.15, 0.2) is 35.3 Å². The third kappa shape index (κ3) is 9.86. The fourth-order valence-corrected chi connectivity index (χ4v) is 1.59. The number of amides is 1. The molecule has 128 valence electrons. The zero-order valence-electron chi connectivity index (χ0n) is 13.1. The molecule has 23 heavy (non-hydrogen) atoms. The first kappa shape index (κ1) is 20.4. The third-order valence-corrected chi connectivity index (χ3v) is 2.58. The highest BCUT2D eigenvalue weighted by molar-refractivity contribution is 5.96. The van der Waals surface area contributed by atoms with E-state index in [0.717, 1.165) is 0 Å². The fourth-order valence-electron chi connectivity index (χ4n) is 1.59. The molecule has 1 rings (SSSR count). The molecule has 0 aliphatic rings. The van der Waals surface area contributed by atoms with Gasteiger partial charge in [-0.05, 0) is 31.9 Å². The second-order valence-corrected chi connectivity index (χ2v) is 4.50. The molecule has 8 heteroatoms. The molecule has 8 nitrogen and oxygen atoms in total. The molecule has 0 aromatic heterocycles. The summed E-state index contributed by atoms with van der Waals surface area (Å²) in [6.07, 6.45) is 0.717. The van der Waals surface area contributed by atoms with Crippen LogP contribution in [0.3, 0.4) is 0 Å². The van der Waals surface area contributed by atoms with Gasteiger partial charge in [0.1, 0.15) is 6.04 Å². The number of aliphatic carboxylic acids is 1. The van der Waals surface area contributed by atoms with Gasteiger partial charge in [0.05, 0.1) is 0 Å². The molecule has 0 saturated carbocycles. The second kappa shape index (κ2) is 12.0. The van der Waals surface area contributed by atoms with Crippen LogP contribution in [0.1, 0.15) is 30.1 Å². The Morgan fingerprint density at radius 1 is 1.26 bits per heavy atom. The number of nitrogens with two attached hydrogens (primary N) is 2. The van der Waals surface area contributed by atoms with Crippen LogP contribution in [0.25, 0.3) is 0 Å². The van der Waals surface area contributed by atoms with Gasteiger partial charge in [-0.25, -0.2) is 4.79 Å². The first-order valence-corrected chi connectivity index (χ1v) is 7.17. The van der Waals surface area contributed by atoms with E-state index in [1.54, 1.807) is 37.3 Å². The highest BCUT2D eigenvalue weighted by Crippen LogP contribution is 2.03. The monoisotopic (exact) mass is 324 g/mol. The zero-order valence-corrected chi connectivity index (χ0v) is 13.1. The Hall–Kier alpha value is -2.61. The second-order valence-electron chi connectivity index (χ2n) is 4.50. The highest BCUT2D eigenvalue weighted by Gasteiger charge is 2.19. The summed E-state index contributed by atoms with van der Waals surface area (Å²) < 4.78 is 0. The van der Waals surface area contributed by atoms with E-state index in [0.29, 0.717) is 18.5 Å². The van der Waals surface area contributed by atoms with Crippen LogP contribution in [0.2, 0.25) is 0 Å². The van der Waals surface area contributed by atoms with Gasteiger partial charge in [0.2, 0.25) is 0 Å². The van der Waals surface area contributed by atoms with Gasteiger partial charge in [0, 0.05) is 18.7 Å². The number of carbonyl (C=O) groups is 2. The van der Waals surface area contributed by atoms with Crippen molar-refractivity contribution in [1.82, 2.24) is 5.32 Å². The molecule has 1 atom stereocenters. The van der Waals surface area contributed by atoms with Crippen molar-refractivity contribution in [3.8, 4) is 0 Å². The Labute approximate surface area is 135 Å². The number of hydrogen-bond acceptors (Lipinski definition) is 4. The van der Waals surface area contributed by atoms with Crippen LogP contribution in [0.4, 0.5) is 0 Å². The van der Waals surface area contributed by atoms with E-state index in [2.05, 4.69) is 10.3 Å². The highest BCUT2D eigenvalue weighted by atomic mass is 16.4. The molecule has 0 aliphatic heterocycles. The number of carboxylic acid groups (broad SMARTS) is 1. The Morgan fingerprint density at radius 3 is 2.30 bits per heavy atom. The molecule has 1 aromatic carbocycles. The lowest BCUT2D eigenvalue weighted by Gasteiger charge is -2.14. The third-order valence-electron chi connectivity index (χ3n) is 2.58. The van der Waals surface area contributed by atoms with Crippen molar-refractivity contribution in [2.45, 2.75) is 25.8 Å². The molecule has 0 spiro atoms. The van der Waals surface area contributed by atoms with Crippen molar-refractivity contribution < 1.29 is 19.8 Å². The standard InChI is InChI=1S/C13H18N4O3.C2H6O/c14-13(15)16-8-4-7-10(12(19)20)17-11(18)9-5-2-1-3-6-9;1-2-3/h1-3,5-6,10H,4,7-8H2,(H,17,18)(H,19,20)(H4,14,15,16);3H,2H2,1H3. The lowest BCUT2D eigenvalue weighted by molar-refractivity contribution is -0.139. The first-order chi connectivity index (χ1) is 10.9. The number of rotatable bonds is 7. The maximum Gasteiger partial charge on any atom is 0.326 e. The van der Waals surface area contributed by atoms with Crippen molar-refractivity contribution in [1.29, 1.82) is 0 Å². The molecule has 1 amide bonds. The van der Waals surface area contributed by atoms with Crippen LogP contribution in [0.5, 0.6) is 0 Å². The van der Waals surface area contributed by atoms with Crippen molar-refractivity contribution in [2.75, 3.05) is 13.2 Å². The molecular weight excluding hydrogens is 300 g/mol. The molecule has 1 aromatic rings. The van der Waals surface area contributed by atoms with E-state index in [1.807, 2.05) is 0 Å². The van der Waals surface area contributed by atoms with Crippen LogP contribution >= 0.6 is 0 Å². The number of nitrogens with one attached hydrogen (secondary N) is 1. The SMILES string of the molecule is CCO.NC(N)=NCCCC(NC(=O)c1ccccc1)C(=O)O. The molecule has 7 N–H and O–H groups in total. The molecule has 1 unspecified atom stereocenters. The minimum atomic E-state index is -1.08. The van der Waals surface area contributed by atoms with Crippen LogP contribution in [-0.4, -0.2) is 47.2 Å². The van der Waals surface area contributed by atoms with E-state index in [4.69, 9.17) is 21.7 Å². The van der Waals surface area contributed by atoms with E-state index < -0.39 is 17.9 Å². The molecule has 0 bridgehead atoms. The fraction of sp³-hybridized carbons (Fsp3) is 0.400. The van der Waals surface area contributed by atoms with Gasteiger partial charge >= 0.3 is 5.97 Å². The number of hydrogen-bond donors (Lipinski definition) is 5. The average molecular weight is 324 g/mol. The van der Waals surface area contributed by atoms with E-state index in [-0.39, 0.29) is 19.0 Å². The van der Waals surface area contributed by atoms with Crippen molar-refractivity contribution in [3.63, 3.8) is 0 Å². The summed E-state index contributed by atoms with van der Waals surface area (Å²) in [7, 11) is 0. The number of aliphatic hydroxyl groups is 1. The summed E-state index contributed by atoms with van der Waals surface area (Å²) in [5.74, 6) is -1.54. The summed E-state index contributed by atoms with van der Waals surface area (Å²) in [5, 5.41) is 19.1. The summed E-state index contributed by atoms with van der Waals surface area (Å²) in [6, 6.07) is 7.48. The Balaban J connectivity index is 0.00000149. The molecular formula is C15H24N4O4. The summed E-state index contributed by atoms with van der Waals surface area (Å²) in [6.45, 7) is 2.26. The van der Waals surface area contributed by atoms with Crippen LogP contribution in [0, 0.1) is 0 Å². The molecule has 0 fully saturated rings. The topological polar surface area (TPSA) is 151 Å².